The van der Waals surface area contributed by atoms with E-state index in [0.29, 0.717) is 0 Å². The lowest BCUT2D eigenvalue weighted by Crippen LogP contribution is -2.55. The van der Waals surface area contributed by atoms with Crippen LogP contribution in [0.2, 0.25) is 0 Å². The Hall–Kier alpha value is 0.230. The molecule has 0 aromatic heterocycles. The number of likely N-dealkylation sites (N-methyl/N-ethyl adjacent to an activating group) is 1. The highest BCUT2D eigenvalue weighted by molar-refractivity contribution is 7.99. The lowest BCUT2D eigenvalue weighted by Gasteiger charge is -2.42. The summed E-state index contributed by atoms with van der Waals surface area (Å²) in [6, 6.07) is 0. The van der Waals surface area contributed by atoms with E-state index in [1.54, 1.807) is 0 Å². The summed E-state index contributed by atoms with van der Waals surface area (Å²) in [5.41, 5.74) is -0.448. The highest BCUT2D eigenvalue weighted by Gasteiger charge is 2.34. The van der Waals surface area contributed by atoms with Gasteiger partial charge < -0.3 is 10.0 Å². The third kappa shape index (κ3) is 3.36. The second-order valence-electron chi connectivity index (χ2n) is 5.09. The second-order valence-corrected chi connectivity index (χ2v) is 6.31. The van der Waals surface area contributed by atoms with Crippen LogP contribution < -0.4 is 0 Å². The van der Waals surface area contributed by atoms with Crippen LogP contribution >= 0.6 is 11.8 Å². The Morgan fingerprint density at radius 1 is 1.19 bits per heavy atom. The molecule has 2 rings (SSSR count). The molecule has 1 N–H and O–H groups in total. The van der Waals surface area contributed by atoms with E-state index in [2.05, 4.69) is 16.7 Å². The average Bonchev–Trinajstić information content (AvgIpc) is 2.29. The molecular formula is C12H24N2OS. The van der Waals surface area contributed by atoms with Crippen LogP contribution in [0, 0.1) is 0 Å². The third-order valence-corrected chi connectivity index (χ3v) is 4.65. The maximum atomic E-state index is 10.6. The zero-order valence-corrected chi connectivity index (χ0v) is 11.1. The van der Waals surface area contributed by atoms with Crippen molar-refractivity contribution in [2.24, 2.45) is 0 Å². The average molecular weight is 244 g/mol. The van der Waals surface area contributed by atoms with Crippen molar-refractivity contribution in [2.45, 2.75) is 25.4 Å². The first-order valence-corrected chi connectivity index (χ1v) is 7.62. The number of piperidine rings is 1. The van der Waals surface area contributed by atoms with Gasteiger partial charge in [-0.2, -0.15) is 11.8 Å². The van der Waals surface area contributed by atoms with Crippen LogP contribution in [0.4, 0.5) is 0 Å². The van der Waals surface area contributed by atoms with Crippen molar-refractivity contribution in [2.75, 3.05) is 50.8 Å². The molecule has 0 aromatic carbocycles. The van der Waals surface area contributed by atoms with Gasteiger partial charge in [0.2, 0.25) is 0 Å². The van der Waals surface area contributed by atoms with Crippen molar-refractivity contribution in [3.8, 4) is 0 Å². The summed E-state index contributed by atoms with van der Waals surface area (Å²) >= 11 is 2.03. The van der Waals surface area contributed by atoms with Crippen molar-refractivity contribution in [1.29, 1.82) is 0 Å². The minimum Gasteiger partial charge on any atom is -0.387 e. The Kier molecular flexibility index (Phi) is 4.53. The van der Waals surface area contributed by atoms with E-state index in [9.17, 15) is 5.11 Å². The highest BCUT2D eigenvalue weighted by atomic mass is 32.2. The number of likely N-dealkylation sites (tertiary alicyclic amines) is 1. The molecule has 3 nitrogen and oxygen atoms in total. The van der Waals surface area contributed by atoms with E-state index in [1.165, 1.54) is 11.5 Å². The molecule has 0 bridgehead atoms. The standard InChI is InChI=1S/C12H24N2OS/c1-2-13-5-3-4-12(15,10-13)11-14-6-8-16-9-7-14/h15H,2-11H2,1H3/t12-/m0/s1. The van der Waals surface area contributed by atoms with Gasteiger partial charge in [-0.3, -0.25) is 4.90 Å². The van der Waals surface area contributed by atoms with E-state index < -0.39 is 5.60 Å². The topological polar surface area (TPSA) is 26.7 Å². The van der Waals surface area contributed by atoms with Gasteiger partial charge in [-0.15, -0.1) is 0 Å². The van der Waals surface area contributed by atoms with Crippen molar-refractivity contribution in [1.82, 2.24) is 9.80 Å². The molecule has 0 spiro atoms. The van der Waals surface area contributed by atoms with Crippen LogP contribution in [0.1, 0.15) is 19.8 Å². The van der Waals surface area contributed by atoms with E-state index in [0.717, 1.165) is 52.1 Å². The second kappa shape index (κ2) is 5.71. The van der Waals surface area contributed by atoms with Gasteiger partial charge in [-0.25, -0.2) is 0 Å². The molecule has 2 aliphatic rings. The molecule has 0 saturated carbocycles. The van der Waals surface area contributed by atoms with Crippen LogP contribution in [0.15, 0.2) is 0 Å². The number of thioether (sulfide) groups is 1. The molecule has 16 heavy (non-hydrogen) atoms. The fourth-order valence-corrected chi connectivity index (χ4v) is 3.76. The molecule has 0 radical (unpaired) electrons. The van der Waals surface area contributed by atoms with Gasteiger partial charge >= 0.3 is 0 Å². The van der Waals surface area contributed by atoms with E-state index in [4.69, 9.17) is 0 Å². The van der Waals surface area contributed by atoms with Crippen molar-refractivity contribution < 1.29 is 5.11 Å². The molecular weight excluding hydrogens is 220 g/mol. The number of hydrogen-bond donors (Lipinski definition) is 1. The Balaban J connectivity index is 1.85. The van der Waals surface area contributed by atoms with Gasteiger partial charge in [0.1, 0.15) is 0 Å². The third-order valence-electron chi connectivity index (χ3n) is 3.70. The molecule has 94 valence electrons. The van der Waals surface area contributed by atoms with Gasteiger partial charge in [0.05, 0.1) is 5.60 Å². The molecule has 0 amide bonds. The molecule has 2 heterocycles. The first kappa shape index (κ1) is 12.7. The van der Waals surface area contributed by atoms with Crippen LogP contribution in [0.3, 0.4) is 0 Å². The normalized spacial score (nSPS) is 34.1. The number of nitrogens with zero attached hydrogens (tertiary/aromatic N) is 2. The van der Waals surface area contributed by atoms with Crippen LogP contribution in [-0.2, 0) is 0 Å². The van der Waals surface area contributed by atoms with Gasteiger partial charge in [0, 0.05) is 37.7 Å². The number of β-amino-alcohol motifs (C(OH)–C–C–N with tert-alkyl or cyclic N) is 1. The monoisotopic (exact) mass is 244 g/mol. The minimum absolute atomic E-state index is 0.448. The highest BCUT2D eigenvalue weighted by Crippen LogP contribution is 2.23. The fraction of sp³-hybridized carbons (Fsp3) is 1.00. The summed E-state index contributed by atoms with van der Waals surface area (Å²) < 4.78 is 0. The Labute approximate surface area is 103 Å². The van der Waals surface area contributed by atoms with E-state index in [1.807, 2.05) is 11.8 Å². The van der Waals surface area contributed by atoms with E-state index in [-0.39, 0.29) is 0 Å². The summed E-state index contributed by atoms with van der Waals surface area (Å²) in [7, 11) is 0. The fourth-order valence-electron chi connectivity index (χ4n) is 2.78. The predicted octanol–water partition coefficient (Wildman–Crippen LogP) is 0.882. The number of hydrogen-bond acceptors (Lipinski definition) is 4. The molecule has 4 heteroatoms. The zero-order valence-electron chi connectivity index (χ0n) is 10.3. The quantitative estimate of drug-likeness (QED) is 0.797. The SMILES string of the molecule is CCN1CCC[C@@](O)(CN2CCSCC2)C1. The van der Waals surface area contributed by atoms with Crippen LogP contribution in [-0.4, -0.2) is 71.3 Å². The molecule has 2 saturated heterocycles. The van der Waals surface area contributed by atoms with Crippen LogP contribution in [0.25, 0.3) is 0 Å². The largest absolute Gasteiger partial charge is 0.387 e. The minimum atomic E-state index is -0.448. The maximum absolute atomic E-state index is 10.6. The lowest BCUT2D eigenvalue weighted by molar-refractivity contribution is -0.0506. The molecule has 1 atom stereocenters. The van der Waals surface area contributed by atoms with Gasteiger partial charge in [0.25, 0.3) is 0 Å². The van der Waals surface area contributed by atoms with Crippen LogP contribution in [0.5, 0.6) is 0 Å². The zero-order chi connectivity index (χ0) is 11.4. The van der Waals surface area contributed by atoms with Crippen molar-refractivity contribution in [3.05, 3.63) is 0 Å². The van der Waals surface area contributed by atoms with Gasteiger partial charge in [-0.1, -0.05) is 6.92 Å². The smallest absolute Gasteiger partial charge is 0.0900 e. The maximum Gasteiger partial charge on any atom is 0.0900 e. The molecule has 0 unspecified atom stereocenters. The lowest BCUT2D eigenvalue weighted by atomic mass is 9.92. The summed E-state index contributed by atoms with van der Waals surface area (Å²) in [6.45, 7) is 8.46. The molecule has 2 aliphatic heterocycles. The molecule has 2 fully saturated rings. The van der Waals surface area contributed by atoms with Crippen molar-refractivity contribution >= 4 is 11.8 Å². The Bertz CT molecular complexity index is 221. The molecule has 0 aromatic rings. The van der Waals surface area contributed by atoms with Gasteiger partial charge in [0.15, 0.2) is 0 Å². The molecule has 0 aliphatic carbocycles. The van der Waals surface area contributed by atoms with Crippen molar-refractivity contribution in [3.63, 3.8) is 0 Å². The van der Waals surface area contributed by atoms with E-state index >= 15 is 0 Å². The van der Waals surface area contributed by atoms with Gasteiger partial charge in [-0.05, 0) is 25.9 Å². The summed E-state index contributed by atoms with van der Waals surface area (Å²) in [4.78, 5) is 4.82. The summed E-state index contributed by atoms with van der Waals surface area (Å²) in [5, 5.41) is 10.6. The predicted molar refractivity (Wildman–Crippen MR) is 70.1 cm³/mol. The summed E-state index contributed by atoms with van der Waals surface area (Å²) in [5.74, 6) is 2.46. The first-order chi connectivity index (χ1) is 7.72. The Morgan fingerprint density at radius 3 is 2.62 bits per heavy atom. The Morgan fingerprint density at radius 2 is 1.94 bits per heavy atom. The first-order valence-electron chi connectivity index (χ1n) is 6.47. The number of aliphatic hydroxyl groups is 1. The number of rotatable bonds is 3. The summed E-state index contributed by atoms with van der Waals surface area (Å²) in [6.07, 6.45) is 2.13.